The van der Waals surface area contributed by atoms with Crippen LogP contribution in [0.3, 0.4) is 0 Å². The van der Waals surface area contributed by atoms with E-state index in [1.165, 1.54) is 5.06 Å². The number of unbranched alkanes of at least 4 members (excludes halogenated alkanes) is 2. The zero-order valence-electron chi connectivity index (χ0n) is 10.1. The van der Waals surface area contributed by atoms with Crippen molar-refractivity contribution in [2.45, 2.75) is 39.5 Å². The number of nitrogens with zero attached hydrogens (tertiary/aromatic N) is 1. The van der Waals surface area contributed by atoms with Crippen molar-refractivity contribution < 1.29 is 29.1 Å². The number of hydrogen-bond donors (Lipinski definition) is 0. The van der Waals surface area contributed by atoms with Gasteiger partial charge in [0, 0.05) is 25.2 Å². The summed E-state index contributed by atoms with van der Waals surface area (Å²) in [6.07, 6.45) is 4.32. The molecule has 0 aliphatic rings. The minimum absolute atomic E-state index is 0. The average molecular weight is 315 g/mol. The molecule has 0 aliphatic heterocycles. The van der Waals surface area contributed by atoms with Crippen molar-refractivity contribution in [3.63, 3.8) is 0 Å². The van der Waals surface area contributed by atoms with Crippen molar-refractivity contribution in [3.05, 3.63) is 0 Å². The number of thiocarbonyl (C=S) groups is 1. The van der Waals surface area contributed by atoms with Crippen molar-refractivity contribution in [2.24, 2.45) is 0 Å². The van der Waals surface area contributed by atoms with Crippen LogP contribution in [0.4, 0.5) is 0 Å². The van der Waals surface area contributed by atoms with Gasteiger partial charge >= 0.3 is 6.47 Å². The van der Waals surface area contributed by atoms with Crippen molar-refractivity contribution in [1.82, 2.24) is 5.06 Å². The topological polar surface area (TPSA) is 29.5 Å². The van der Waals surface area contributed by atoms with Crippen LogP contribution in [-0.2, 0) is 29.1 Å². The second-order valence-corrected chi connectivity index (χ2v) is 4.85. The van der Waals surface area contributed by atoms with E-state index in [1.807, 2.05) is 0 Å². The van der Waals surface area contributed by atoms with E-state index >= 15 is 0 Å². The first kappa shape index (κ1) is 18.7. The largest absolute Gasteiger partial charge is 0.343 e. The fourth-order valence-electron chi connectivity index (χ4n) is 0.917. The number of carbonyl (C=O) groups is 1. The molecule has 0 amide bonds. The summed E-state index contributed by atoms with van der Waals surface area (Å²) in [6.45, 7) is 5.35. The normalized spacial score (nSPS) is 9.12. The average Bonchev–Trinajstić information content (AvgIpc) is 2.24. The maximum absolute atomic E-state index is 10.3. The molecule has 0 fully saturated rings. The van der Waals surface area contributed by atoms with Crippen LogP contribution < -0.4 is 0 Å². The van der Waals surface area contributed by atoms with Gasteiger partial charge < -0.3 is 4.84 Å². The number of hydroxylamine groups is 2. The maximum Gasteiger partial charge on any atom is 0.320 e. The molecule has 0 heterocycles. The van der Waals surface area contributed by atoms with Crippen molar-refractivity contribution >= 4 is 34.8 Å². The fourth-order valence-corrected chi connectivity index (χ4v) is 2.19. The molecule has 0 aromatic heterocycles. The SMILES string of the molecule is CCCCSC(=S)N(CCCC)OC=O.[Zn]. The van der Waals surface area contributed by atoms with Crippen LogP contribution in [0.5, 0.6) is 0 Å². The molecule has 0 unspecified atom stereocenters. The molecule has 90 valence electrons. The van der Waals surface area contributed by atoms with Crippen LogP contribution in [0.15, 0.2) is 0 Å². The predicted octanol–water partition coefficient (Wildman–Crippen LogP) is 2.99. The zero-order valence-corrected chi connectivity index (χ0v) is 14.7. The van der Waals surface area contributed by atoms with E-state index in [1.54, 1.807) is 11.8 Å². The molecule has 0 aromatic rings. The Morgan fingerprint density at radius 1 is 1.38 bits per heavy atom. The molecule has 0 radical (unpaired) electrons. The van der Waals surface area contributed by atoms with Gasteiger partial charge in [0.1, 0.15) is 0 Å². The van der Waals surface area contributed by atoms with Crippen LogP contribution in [0, 0.1) is 0 Å². The van der Waals surface area contributed by atoms with E-state index in [-0.39, 0.29) is 19.5 Å². The van der Waals surface area contributed by atoms with Gasteiger partial charge in [0.15, 0.2) is 4.32 Å². The van der Waals surface area contributed by atoms with Gasteiger partial charge in [0.25, 0.3) is 0 Å². The van der Waals surface area contributed by atoms with E-state index in [9.17, 15) is 4.79 Å². The van der Waals surface area contributed by atoms with Crippen molar-refractivity contribution in [2.75, 3.05) is 12.3 Å². The van der Waals surface area contributed by atoms with Crippen molar-refractivity contribution in [3.8, 4) is 0 Å². The van der Waals surface area contributed by atoms with Crippen molar-refractivity contribution in [1.29, 1.82) is 0 Å². The predicted molar refractivity (Wildman–Crippen MR) is 68.7 cm³/mol. The molecule has 0 saturated carbocycles. The van der Waals surface area contributed by atoms with E-state index in [0.717, 1.165) is 31.4 Å². The summed E-state index contributed by atoms with van der Waals surface area (Å²) in [7, 11) is 0. The molecule has 0 spiro atoms. The Hall–Kier alpha value is 0.333. The molecule has 0 aromatic carbocycles. The first-order valence-corrected chi connectivity index (χ1v) is 6.70. The molecule has 16 heavy (non-hydrogen) atoms. The first-order chi connectivity index (χ1) is 7.26. The maximum atomic E-state index is 10.3. The Bertz CT molecular complexity index is 194. The summed E-state index contributed by atoms with van der Waals surface area (Å²) in [6, 6.07) is 0. The molecule has 0 aliphatic carbocycles. The van der Waals surface area contributed by atoms with Gasteiger partial charge in [-0.15, -0.1) is 0 Å². The molecule has 6 heteroatoms. The summed E-state index contributed by atoms with van der Waals surface area (Å²) in [5.74, 6) is 0.986. The molecule has 0 N–H and O–H groups in total. The Balaban J connectivity index is 0. The Kier molecular flexibility index (Phi) is 15.7. The van der Waals surface area contributed by atoms with Crippen LogP contribution in [0.25, 0.3) is 0 Å². The third kappa shape index (κ3) is 9.55. The number of carbonyl (C=O) groups excluding carboxylic acids is 1. The Labute approximate surface area is 120 Å². The molecule has 3 nitrogen and oxygen atoms in total. The molecule has 0 rings (SSSR count). The van der Waals surface area contributed by atoms with Crippen LogP contribution in [0.1, 0.15) is 39.5 Å². The van der Waals surface area contributed by atoms with Gasteiger partial charge in [-0.2, -0.15) is 5.06 Å². The minimum atomic E-state index is 0. The zero-order chi connectivity index (χ0) is 11.5. The number of hydrogen-bond acceptors (Lipinski definition) is 4. The summed E-state index contributed by atoms with van der Waals surface area (Å²) < 4.78 is 0.656. The second kappa shape index (κ2) is 13.4. The second-order valence-electron chi connectivity index (χ2n) is 3.13. The summed E-state index contributed by atoms with van der Waals surface area (Å²) in [5.41, 5.74) is 0. The van der Waals surface area contributed by atoms with Gasteiger partial charge in [-0.25, -0.2) is 0 Å². The third-order valence-electron chi connectivity index (χ3n) is 1.81. The standard InChI is InChI=1S/C10H19NO2S2.Zn/c1-3-5-7-11(13-9-12)10(14)15-8-6-4-2;/h9H,3-8H2,1-2H3;. The smallest absolute Gasteiger partial charge is 0.320 e. The summed E-state index contributed by atoms with van der Waals surface area (Å²) in [4.78, 5) is 15.1. The van der Waals surface area contributed by atoms with E-state index < -0.39 is 0 Å². The Morgan fingerprint density at radius 3 is 2.50 bits per heavy atom. The first-order valence-electron chi connectivity index (χ1n) is 5.30. The number of thioether (sulfide) groups is 1. The van der Waals surface area contributed by atoms with Gasteiger partial charge in [-0.3, -0.25) is 4.79 Å². The minimum Gasteiger partial charge on any atom is -0.343 e. The molecular weight excluding hydrogens is 296 g/mol. The van der Waals surface area contributed by atoms with Gasteiger partial charge in [0.2, 0.25) is 0 Å². The monoisotopic (exact) mass is 313 g/mol. The Morgan fingerprint density at radius 2 is 2.00 bits per heavy atom. The van der Waals surface area contributed by atoms with E-state index in [4.69, 9.17) is 17.1 Å². The third-order valence-corrected chi connectivity index (χ3v) is 3.31. The molecule has 0 bridgehead atoms. The van der Waals surface area contributed by atoms with E-state index in [0.29, 0.717) is 17.3 Å². The van der Waals surface area contributed by atoms with Gasteiger partial charge in [-0.1, -0.05) is 38.5 Å². The van der Waals surface area contributed by atoms with E-state index in [2.05, 4.69) is 13.8 Å². The van der Waals surface area contributed by atoms with Gasteiger partial charge in [0.05, 0.1) is 6.54 Å². The fraction of sp³-hybridized carbons (Fsp3) is 0.800. The summed E-state index contributed by atoms with van der Waals surface area (Å²) >= 11 is 6.75. The molecule has 0 atom stereocenters. The van der Waals surface area contributed by atoms with Crippen LogP contribution in [0.2, 0.25) is 0 Å². The quantitative estimate of drug-likeness (QED) is 0.226. The number of rotatable bonds is 8. The molecule has 0 saturated heterocycles. The summed E-state index contributed by atoms with van der Waals surface area (Å²) in [5, 5.41) is 1.51. The van der Waals surface area contributed by atoms with Crippen LogP contribution >= 0.6 is 24.0 Å². The van der Waals surface area contributed by atoms with Gasteiger partial charge in [-0.05, 0) is 25.1 Å². The van der Waals surface area contributed by atoms with Crippen LogP contribution in [-0.4, -0.2) is 28.2 Å². The molecular formula is C10H19NO2S2Zn.